The Morgan fingerprint density at radius 3 is 2.80 bits per heavy atom. The van der Waals surface area contributed by atoms with Crippen molar-refractivity contribution in [1.29, 1.82) is 0 Å². The van der Waals surface area contributed by atoms with Crippen LogP contribution in [-0.4, -0.2) is 26.0 Å². The molecule has 20 heavy (non-hydrogen) atoms. The van der Waals surface area contributed by atoms with Crippen LogP contribution in [0.3, 0.4) is 0 Å². The first kappa shape index (κ1) is 14.9. The second-order valence-electron chi connectivity index (χ2n) is 4.80. The molecule has 0 spiro atoms. The van der Waals surface area contributed by atoms with E-state index in [1.807, 2.05) is 13.8 Å². The zero-order valence-electron chi connectivity index (χ0n) is 11.6. The second-order valence-corrected chi connectivity index (χ2v) is 6.54. The smallest absolute Gasteiger partial charge is 0.241 e. The van der Waals surface area contributed by atoms with Gasteiger partial charge in [-0.2, -0.15) is 0 Å². The van der Waals surface area contributed by atoms with Crippen LogP contribution in [0.5, 0.6) is 0 Å². The predicted molar refractivity (Wildman–Crippen MR) is 79.9 cm³/mol. The predicted octanol–water partition coefficient (Wildman–Crippen LogP) is 1.56. The maximum atomic E-state index is 12.4. The van der Waals surface area contributed by atoms with Crippen LogP contribution in [0.1, 0.15) is 18.9 Å². The number of hydrogen-bond donors (Lipinski definition) is 2. The Morgan fingerprint density at radius 2 is 2.10 bits per heavy atom. The van der Waals surface area contributed by atoms with Gasteiger partial charge in [-0.1, -0.05) is 13.0 Å². The average molecular weight is 293 g/mol. The fourth-order valence-corrected chi connectivity index (χ4v) is 3.25. The van der Waals surface area contributed by atoms with E-state index in [1.54, 1.807) is 30.5 Å². The number of aromatic nitrogens is 1. The maximum absolute atomic E-state index is 12.4. The molecule has 1 heterocycles. The van der Waals surface area contributed by atoms with Gasteiger partial charge in [0.15, 0.2) is 0 Å². The number of nitrogens with one attached hydrogen (secondary N) is 1. The number of pyridine rings is 1. The third-order valence-corrected chi connectivity index (χ3v) is 4.76. The quantitative estimate of drug-likeness (QED) is 0.876. The molecule has 0 amide bonds. The zero-order chi connectivity index (χ0) is 14.8. The van der Waals surface area contributed by atoms with Crippen molar-refractivity contribution in [3.05, 3.63) is 36.0 Å². The van der Waals surface area contributed by atoms with Crippen molar-refractivity contribution in [3.8, 4) is 0 Å². The Morgan fingerprint density at radius 1 is 1.35 bits per heavy atom. The van der Waals surface area contributed by atoms with E-state index in [9.17, 15) is 8.42 Å². The number of rotatable bonds is 5. The SMILES string of the molecule is CCC(N)CNS(=O)(=O)c1ccc(C)c2ncccc12. The minimum atomic E-state index is -3.58. The van der Waals surface area contributed by atoms with Gasteiger partial charge in [0.25, 0.3) is 0 Å². The van der Waals surface area contributed by atoms with E-state index in [0.29, 0.717) is 10.9 Å². The maximum Gasteiger partial charge on any atom is 0.241 e. The summed E-state index contributed by atoms with van der Waals surface area (Å²) in [7, 11) is -3.58. The van der Waals surface area contributed by atoms with Gasteiger partial charge >= 0.3 is 0 Å². The van der Waals surface area contributed by atoms with Crippen LogP contribution in [-0.2, 0) is 10.0 Å². The number of nitrogens with zero attached hydrogens (tertiary/aromatic N) is 1. The standard InChI is InChI=1S/C14H19N3O2S/c1-3-11(15)9-17-20(18,19)13-7-6-10(2)14-12(13)5-4-8-16-14/h4-8,11,17H,3,9,15H2,1-2H3. The number of nitrogens with two attached hydrogens (primary N) is 1. The van der Waals surface area contributed by atoms with Crippen LogP contribution in [0, 0.1) is 6.92 Å². The van der Waals surface area contributed by atoms with Crippen LogP contribution in [0.4, 0.5) is 0 Å². The normalized spacial score (nSPS) is 13.6. The molecular formula is C14H19N3O2S. The van der Waals surface area contributed by atoms with E-state index in [4.69, 9.17) is 5.73 Å². The summed E-state index contributed by atoms with van der Waals surface area (Å²) in [6.07, 6.45) is 2.38. The van der Waals surface area contributed by atoms with E-state index < -0.39 is 10.0 Å². The topological polar surface area (TPSA) is 85.1 Å². The van der Waals surface area contributed by atoms with Gasteiger partial charge in [-0.25, -0.2) is 13.1 Å². The lowest BCUT2D eigenvalue weighted by molar-refractivity contribution is 0.564. The van der Waals surface area contributed by atoms with Gasteiger partial charge < -0.3 is 5.73 Å². The van der Waals surface area contributed by atoms with Crippen molar-refractivity contribution in [2.45, 2.75) is 31.2 Å². The van der Waals surface area contributed by atoms with Crippen molar-refractivity contribution < 1.29 is 8.42 Å². The summed E-state index contributed by atoms with van der Waals surface area (Å²) in [6.45, 7) is 4.06. The number of sulfonamides is 1. The van der Waals surface area contributed by atoms with E-state index in [-0.39, 0.29) is 17.5 Å². The minimum absolute atomic E-state index is 0.181. The fourth-order valence-electron chi connectivity index (χ4n) is 1.96. The van der Waals surface area contributed by atoms with Crippen LogP contribution in [0.15, 0.2) is 35.4 Å². The molecule has 1 atom stereocenters. The van der Waals surface area contributed by atoms with Crippen molar-refractivity contribution in [2.24, 2.45) is 5.73 Å². The second kappa shape index (κ2) is 5.87. The number of hydrogen-bond acceptors (Lipinski definition) is 4. The molecule has 0 aliphatic carbocycles. The summed E-state index contributed by atoms with van der Waals surface area (Å²) in [5, 5.41) is 0.630. The molecule has 0 fully saturated rings. The lowest BCUT2D eigenvalue weighted by Crippen LogP contribution is -2.36. The van der Waals surface area contributed by atoms with Crippen molar-refractivity contribution in [3.63, 3.8) is 0 Å². The molecule has 6 heteroatoms. The van der Waals surface area contributed by atoms with Crippen molar-refractivity contribution in [1.82, 2.24) is 9.71 Å². The molecule has 0 radical (unpaired) electrons. The number of fused-ring (bicyclic) bond motifs is 1. The Kier molecular flexibility index (Phi) is 4.37. The fraction of sp³-hybridized carbons (Fsp3) is 0.357. The third kappa shape index (κ3) is 2.98. The first-order valence-corrected chi connectivity index (χ1v) is 8.03. The van der Waals surface area contributed by atoms with Crippen LogP contribution in [0.2, 0.25) is 0 Å². The molecule has 5 nitrogen and oxygen atoms in total. The molecule has 0 saturated heterocycles. The Labute approximate surface area is 119 Å². The largest absolute Gasteiger partial charge is 0.327 e. The molecule has 2 aromatic rings. The van der Waals surface area contributed by atoms with Crippen LogP contribution >= 0.6 is 0 Å². The first-order chi connectivity index (χ1) is 9.45. The molecule has 1 aromatic carbocycles. The summed E-state index contributed by atoms with van der Waals surface area (Å²) < 4.78 is 27.3. The molecule has 0 aliphatic rings. The van der Waals surface area contributed by atoms with E-state index in [1.165, 1.54) is 0 Å². The summed E-state index contributed by atoms with van der Waals surface area (Å²) in [6, 6.07) is 6.70. The summed E-state index contributed by atoms with van der Waals surface area (Å²) in [5.41, 5.74) is 7.41. The van der Waals surface area contributed by atoms with Crippen molar-refractivity contribution >= 4 is 20.9 Å². The number of benzene rings is 1. The van der Waals surface area contributed by atoms with Gasteiger partial charge in [0, 0.05) is 24.2 Å². The lowest BCUT2D eigenvalue weighted by Gasteiger charge is -2.13. The lowest BCUT2D eigenvalue weighted by atomic mass is 10.1. The van der Waals surface area contributed by atoms with Crippen LogP contribution < -0.4 is 10.5 Å². The molecule has 108 valence electrons. The molecular weight excluding hydrogens is 274 g/mol. The molecule has 1 aromatic heterocycles. The summed E-state index contributed by atoms with van der Waals surface area (Å²) in [5.74, 6) is 0. The van der Waals surface area contributed by atoms with Crippen molar-refractivity contribution in [2.75, 3.05) is 6.54 Å². The molecule has 3 N–H and O–H groups in total. The van der Waals surface area contributed by atoms with Gasteiger partial charge in [-0.15, -0.1) is 0 Å². The third-order valence-electron chi connectivity index (χ3n) is 3.28. The van der Waals surface area contributed by atoms with Gasteiger partial charge in [0.1, 0.15) is 0 Å². The number of aryl methyl sites for hydroxylation is 1. The van der Waals surface area contributed by atoms with Gasteiger partial charge in [0.05, 0.1) is 10.4 Å². The Bertz CT molecular complexity index is 713. The molecule has 2 rings (SSSR count). The monoisotopic (exact) mass is 293 g/mol. The van der Waals surface area contributed by atoms with E-state index >= 15 is 0 Å². The van der Waals surface area contributed by atoms with E-state index in [2.05, 4.69) is 9.71 Å². The highest BCUT2D eigenvalue weighted by atomic mass is 32.2. The molecule has 0 bridgehead atoms. The minimum Gasteiger partial charge on any atom is -0.327 e. The van der Waals surface area contributed by atoms with Crippen LogP contribution in [0.25, 0.3) is 10.9 Å². The Hall–Kier alpha value is -1.50. The summed E-state index contributed by atoms with van der Waals surface area (Å²) in [4.78, 5) is 4.49. The average Bonchev–Trinajstić information content (AvgIpc) is 2.45. The highest BCUT2D eigenvalue weighted by molar-refractivity contribution is 7.89. The summed E-state index contributed by atoms with van der Waals surface area (Å²) >= 11 is 0. The molecule has 0 saturated carbocycles. The first-order valence-electron chi connectivity index (χ1n) is 6.55. The zero-order valence-corrected chi connectivity index (χ0v) is 12.4. The highest BCUT2D eigenvalue weighted by Crippen LogP contribution is 2.23. The molecule has 1 unspecified atom stereocenters. The van der Waals surface area contributed by atoms with Gasteiger partial charge in [0.2, 0.25) is 10.0 Å². The van der Waals surface area contributed by atoms with Gasteiger partial charge in [-0.05, 0) is 37.1 Å². The highest BCUT2D eigenvalue weighted by Gasteiger charge is 2.18. The van der Waals surface area contributed by atoms with Gasteiger partial charge in [-0.3, -0.25) is 4.98 Å². The molecule has 0 aliphatic heterocycles. The van der Waals surface area contributed by atoms with E-state index in [0.717, 1.165) is 12.0 Å². The Balaban J connectivity index is 2.45.